The molecular weight excluding hydrogens is 245 g/mol. The standard InChI is InChI=1S/C6H7NO2.HI/c1-2-7-5(8)3-4-6(7)9;/h3-4H,2H2,1H3;1H. The fourth-order valence-electron chi connectivity index (χ4n) is 0.743. The first-order valence-electron chi connectivity index (χ1n) is 2.79. The van der Waals surface area contributed by atoms with Crippen LogP contribution in [0.1, 0.15) is 6.92 Å². The van der Waals surface area contributed by atoms with E-state index in [-0.39, 0.29) is 35.8 Å². The van der Waals surface area contributed by atoms with Gasteiger partial charge in [0.05, 0.1) is 0 Å². The number of rotatable bonds is 1. The SMILES string of the molecule is CCN1C(=O)C=CC1=O.I. The van der Waals surface area contributed by atoms with Crippen molar-refractivity contribution in [2.75, 3.05) is 6.54 Å². The molecule has 0 aromatic carbocycles. The summed E-state index contributed by atoms with van der Waals surface area (Å²) in [7, 11) is 0. The highest BCUT2D eigenvalue weighted by Crippen LogP contribution is 2.00. The summed E-state index contributed by atoms with van der Waals surface area (Å²) in [6.45, 7) is 2.23. The summed E-state index contributed by atoms with van der Waals surface area (Å²) in [6, 6.07) is 0. The van der Waals surface area contributed by atoms with Gasteiger partial charge in [-0.25, -0.2) is 0 Å². The normalized spacial score (nSPS) is 15.9. The van der Waals surface area contributed by atoms with E-state index in [2.05, 4.69) is 0 Å². The van der Waals surface area contributed by atoms with Gasteiger partial charge in [0.2, 0.25) is 0 Å². The van der Waals surface area contributed by atoms with Gasteiger partial charge in [0, 0.05) is 18.7 Å². The minimum absolute atomic E-state index is 0. The Labute approximate surface area is 76.1 Å². The van der Waals surface area contributed by atoms with Crippen LogP contribution in [0.5, 0.6) is 0 Å². The van der Waals surface area contributed by atoms with Crippen LogP contribution < -0.4 is 0 Å². The van der Waals surface area contributed by atoms with E-state index in [0.717, 1.165) is 0 Å². The van der Waals surface area contributed by atoms with Gasteiger partial charge in [0.25, 0.3) is 11.8 Å². The van der Waals surface area contributed by atoms with Crippen LogP contribution >= 0.6 is 24.0 Å². The lowest BCUT2D eigenvalue weighted by atomic mass is 10.5. The Hall–Kier alpha value is -0.390. The van der Waals surface area contributed by atoms with Crippen LogP contribution in [0.15, 0.2) is 12.2 Å². The summed E-state index contributed by atoms with van der Waals surface area (Å²) in [5.41, 5.74) is 0. The fraction of sp³-hybridized carbons (Fsp3) is 0.333. The maximum atomic E-state index is 10.6. The summed E-state index contributed by atoms with van der Waals surface area (Å²) < 4.78 is 0. The number of likely N-dealkylation sites (N-methyl/N-ethyl adjacent to an activating group) is 1. The first-order chi connectivity index (χ1) is 4.25. The minimum atomic E-state index is -0.206. The van der Waals surface area contributed by atoms with E-state index in [9.17, 15) is 9.59 Å². The fourth-order valence-corrected chi connectivity index (χ4v) is 0.743. The predicted molar refractivity (Wildman–Crippen MR) is 46.9 cm³/mol. The molecule has 1 heterocycles. The Morgan fingerprint density at radius 1 is 1.30 bits per heavy atom. The molecule has 0 unspecified atom stereocenters. The number of nitrogens with zero attached hydrogens (tertiary/aromatic N) is 1. The zero-order valence-corrected chi connectivity index (χ0v) is 7.86. The van der Waals surface area contributed by atoms with E-state index in [4.69, 9.17) is 0 Å². The monoisotopic (exact) mass is 253 g/mol. The molecule has 0 aliphatic carbocycles. The Morgan fingerprint density at radius 3 is 1.90 bits per heavy atom. The van der Waals surface area contributed by atoms with Crippen LogP contribution in [-0.2, 0) is 9.59 Å². The van der Waals surface area contributed by atoms with Crippen molar-refractivity contribution in [2.45, 2.75) is 6.92 Å². The maximum Gasteiger partial charge on any atom is 0.253 e. The van der Waals surface area contributed by atoms with Crippen molar-refractivity contribution < 1.29 is 9.59 Å². The average Bonchev–Trinajstić information content (AvgIpc) is 2.12. The third-order valence-electron chi connectivity index (χ3n) is 1.22. The molecule has 1 rings (SSSR count). The molecule has 1 aliphatic heterocycles. The van der Waals surface area contributed by atoms with E-state index in [1.54, 1.807) is 6.92 Å². The van der Waals surface area contributed by atoms with Crippen molar-refractivity contribution in [3.63, 3.8) is 0 Å². The molecule has 56 valence electrons. The molecule has 0 saturated heterocycles. The van der Waals surface area contributed by atoms with Gasteiger partial charge in [-0.15, -0.1) is 24.0 Å². The number of carbonyl (C=O) groups is 2. The second-order valence-electron chi connectivity index (χ2n) is 1.75. The zero-order valence-electron chi connectivity index (χ0n) is 5.53. The van der Waals surface area contributed by atoms with Gasteiger partial charge in [0.15, 0.2) is 0 Å². The third-order valence-corrected chi connectivity index (χ3v) is 1.22. The molecule has 4 heteroatoms. The van der Waals surface area contributed by atoms with Gasteiger partial charge in [-0.2, -0.15) is 0 Å². The molecule has 3 nitrogen and oxygen atoms in total. The lowest BCUT2D eigenvalue weighted by Crippen LogP contribution is -2.29. The van der Waals surface area contributed by atoms with Gasteiger partial charge < -0.3 is 0 Å². The third kappa shape index (κ3) is 1.56. The first kappa shape index (κ1) is 9.61. The van der Waals surface area contributed by atoms with Crippen LogP contribution in [0, 0.1) is 0 Å². The Balaban J connectivity index is 0.000000810. The van der Waals surface area contributed by atoms with E-state index in [1.807, 2.05) is 0 Å². The molecular formula is C6H8INO2. The molecule has 2 amide bonds. The molecule has 0 aromatic rings. The predicted octanol–water partition coefficient (Wildman–Crippen LogP) is 0.549. The van der Waals surface area contributed by atoms with Crippen molar-refractivity contribution in [3.8, 4) is 0 Å². The quantitative estimate of drug-likeness (QED) is 0.505. The Bertz CT molecular complexity index is 170. The number of imide groups is 1. The first-order valence-corrected chi connectivity index (χ1v) is 2.79. The van der Waals surface area contributed by atoms with Crippen LogP contribution in [0.25, 0.3) is 0 Å². The molecule has 1 aliphatic rings. The molecule has 0 atom stereocenters. The maximum absolute atomic E-state index is 10.6. The van der Waals surface area contributed by atoms with Crippen molar-refractivity contribution in [1.29, 1.82) is 0 Å². The summed E-state index contributed by atoms with van der Waals surface area (Å²) >= 11 is 0. The van der Waals surface area contributed by atoms with Crippen molar-refractivity contribution in [1.82, 2.24) is 4.90 Å². The van der Waals surface area contributed by atoms with E-state index in [0.29, 0.717) is 6.54 Å². The Morgan fingerprint density at radius 2 is 1.70 bits per heavy atom. The molecule has 0 aromatic heterocycles. The molecule has 0 fully saturated rings. The van der Waals surface area contributed by atoms with Crippen LogP contribution in [0.4, 0.5) is 0 Å². The van der Waals surface area contributed by atoms with Crippen molar-refractivity contribution in [2.24, 2.45) is 0 Å². The summed E-state index contributed by atoms with van der Waals surface area (Å²) in [4.78, 5) is 22.4. The highest BCUT2D eigenvalue weighted by molar-refractivity contribution is 14.0. The largest absolute Gasteiger partial charge is 0.276 e. The highest BCUT2D eigenvalue weighted by atomic mass is 127. The lowest BCUT2D eigenvalue weighted by Gasteiger charge is -2.08. The molecule has 0 spiro atoms. The summed E-state index contributed by atoms with van der Waals surface area (Å²) in [6.07, 6.45) is 2.57. The summed E-state index contributed by atoms with van der Waals surface area (Å²) in [5, 5.41) is 0. The zero-order chi connectivity index (χ0) is 6.85. The van der Waals surface area contributed by atoms with Gasteiger partial charge in [-0.05, 0) is 6.92 Å². The van der Waals surface area contributed by atoms with Crippen LogP contribution in [0.3, 0.4) is 0 Å². The lowest BCUT2D eigenvalue weighted by molar-refractivity contribution is -0.136. The molecule has 0 saturated carbocycles. The van der Waals surface area contributed by atoms with Gasteiger partial charge in [0.1, 0.15) is 0 Å². The number of hydrogen-bond donors (Lipinski definition) is 0. The topological polar surface area (TPSA) is 37.4 Å². The minimum Gasteiger partial charge on any atom is -0.276 e. The van der Waals surface area contributed by atoms with Crippen LogP contribution in [0.2, 0.25) is 0 Å². The van der Waals surface area contributed by atoms with Crippen molar-refractivity contribution >= 4 is 35.8 Å². The number of carbonyl (C=O) groups excluding carboxylic acids is 2. The van der Waals surface area contributed by atoms with Crippen molar-refractivity contribution in [3.05, 3.63) is 12.2 Å². The molecule has 0 radical (unpaired) electrons. The number of amides is 2. The van der Waals surface area contributed by atoms with E-state index >= 15 is 0 Å². The van der Waals surface area contributed by atoms with E-state index < -0.39 is 0 Å². The van der Waals surface area contributed by atoms with E-state index in [1.165, 1.54) is 17.1 Å². The van der Waals surface area contributed by atoms with Gasteiger partial charge in [-0.3, -0.25) is 14.5 Å². The second-order valence-corrected chi connectivity index (χ2v) is 1.75. The Kier molecular flexibility index (Phi) is 3.55. The highest BCUT2D eigenvalue weighted by Gasteiger charge is 2.20. The van der Waals surface area contributed by atoms with Gasteiger partial charge in [-0.1, -0.05) is 0 Å². The number of hydrogen-bond acceptors (Lipinski definition) is 2. The van der Waals surface area contributed by atoms with Crippen LogP contribution in [-0.4, -0.2) is 23.3 Å². The average molecular weight is 253 g/mol. The smallest absolute Gasteiger partial charge is 0.253 e. The summed E-state index contributed by atoms with van der Waals surface area (Å²) in [5.74, 6) is -0.412. The molecule has 0 N–H and O–H groups in total. The second kappa shape index (κ2) is 3.70. The molecule has 10 heavy (non-hydrogen) atoms. The number of halogens is 1. The molecule has 0 bridgehead atoms. The van der Waals surface area contributed by atoms with Gasteiger partial charge >= 0.3 is 0 Å².